The minimum absolute atomic E-state index is 0.0688. The van der Waals surface area contributed by atoms with Crippen molar-refractivity contribution in [3.05, 3.63) is 23.8 Å². The molecule has 12 heteroatoms. The molecule has 0 fully saturated rings. The molecule has 0 saturated heterocycles. The van der Waals surface area contributed by atoms with E-state index in [1.807, 2.05) is 0 Å². The van der Waals surface area contributed by atoms with Crippen molar-refractivity contribution < 1.29 is 34.8 Å². The molecule has 3 unspecified atom stereocenters. The van der Waals surface area contributed by atoms with E-state index in [0.717, 1.165) is 0 Å². The molecule has 0 radical (unpaired) electrons. The highest BCUT2D eigenvalue weighted by Gasteiger charge is 2.21. The summed E-state index contributed by atoms with van der Waals surface area (Å²) in [6.07, 6.45) is -2.14. The fourth-order valence-corrected chi connectivity index (χ4v) is 2.62. The number of hydrogen-bond donors (Lipinski definition) is 8. The first kappa shape index (κ1) is 22.9. The van der Waals surface area contributed by atoms with E-state index in [2.05, 4.69) is 26.3 Å². The minimum atomic E-state index is -1.18. The molecule has 1 heterocycles. The molecule has 12 nitrogen and oxygen atoms in total. The summed E-state index contributed by atoms with van der Waals surface area (Å²) in [6.45, 7) is 1.42. The molecule has 2 amide bonds. The summed E-state index contributed by atoms with van der Waals surface area (Å²) in [5, 5.41) is 48.1. The van der Waals surface area contributed by atoms with Crippen LogP contribution in [-0.2, 0) is 9.59 Å². The second-order valence-electron chi connectivity index (χ2n) is 6.81. The lowest BCUT2D eigenvalue weighted by atomic mass is 10.1. The lowest BCUT2D eigenvalue weighted by molar-refractivity contribution is -0.138. The number of aliphatic hydroxyl groups is 2. The number of aliphatic carboxylic acids is 1. The summed E-state index contributed by atoms with van der Waals surface area (Å²) in [6, 6.07) is 3.02. The van der Waals surface area contributed by atoms with Crippen LogP contribution >= 0.6 is 0 Å². The van der Waals surface area contributed by atoms with E-state index in [9.17, 15) is 29.7 Å². The second-order valence-corrected chi connectivity index (χ2v) is 6.81. The zero-order chi connectivity index (χ0) is 22.3. The van der Waals surface area contributed by atoms with Crippen LogP contribution in [0.5, 0.6) is 5.75 Å². The van der Waals surface area contributed by atoms with Gasteiger partial charge in [0.2, 0.25) is 5.91 Å². The van der Waals surface area contributed by atoms with Crippen molar-refractivity contribution in [2.24, 2.45) is 4.99 Å². The number of carbonyl (C=O) groups excluding carboxylic acids is 2. The highest BCUT2D eigenvalue weighted by Crippen LogP contribution is 2.20. The van der Waals surface area contributed by atoms with Gasteiger partial charge >= 0.3 is 5.97 Å². The number of guanidine groups is 1. The first-order valence-corrected chi connectivity index (χ1v) is 9.19. The first-order chi connectivity index (χ1) is 14.1. The van der Waals surface area contributed by atoms with Crippen LogP contribution in [0.4, 0.5) is 5.69 Å². The summed E-state index contributed by atoms with van der Waals surface area (Å²) < 4.78 is 0. The Bertz CT molecular complexity index is 827. The molecular formula is C18H25N5O7. The van der Waals surface area contributed by atoms with Crippen molar-refractivity contribution in [3.8, 4) is 5.75 Å². The van der Waals surface area contributed by atoms with Crippen LogP contribution in [0.3, 0.4) is 0 Å². The normalized spacial score (nSPS) is 17.7. The number of phenolic OH excluding ortho intramolecular Hbond substituents is 1. The van der Waals surface area contributed by atoms with Gasteiger partial charge in [0.1, 0.15) is 5.75 Å². The Balaban J connectivity index is 1.95. The average molecular weight is 423 g/mol. The molecule has 1 aliphatic rings. The number of hydrogen-bond acceptors (Lipinski definition) is 9. The van der Waals surface area contributed by atoms with Crippen LogP contribution in [0.15, 0.2) is 23.2 Å². The maximum absolute atomic E-state index is 12.3. The van der Waals surface area contributed by atoms with Crippen LogP contribution in [0, 0.1) is 0 Å². The standard InChI is InChI=1S/C18H25N5O7/c1-9(24)14(5-16(28)29)23-15(27)8-19-17(30)10-2-11(4-12(25)3-10)22-18-20-6-13(26)7-21-18/h2-4,9,13-14,24-26H,5-8H2,1H3,(H,19,30)(H,23,27)(H,28,29)(H2,20,21,22). The summed E-state index contributed by atoms with van der Waals surface area (Å²) in [5.41, 5.74) is 0.433. The van der Waals surface area contributed by atoms with E-state index < -0.39 is 49.0 Å². The van der Waals surface area contributed by atoms with E-state index in [1.165, 1.54) is 25.1 Å². The van der Waals surface area contributed by atoms with Gasteiger partial charge in [0, 0.05) is 23.9 Å². The molecule has 0 saturated carbocycles. The largest absolute Gasteiger partial charge is 0.508 e. The molecular weight excluding hydrogens is 398 g/mol. The van der Waals surface area contributed by atoms with Crippen molar-refractivity contribution in [2.75, 3.05) is 25.0 Å². The number of anilines is 1. The second kappa shape index (κ2) is 10.4. The third-order valence-corrected chi connectivity index (χ3v) is 4.14. The van der Waals surface area contributed by atoms with Crippen molar-refractivity contribution in [1.29, 1.82) is 0 Å². The van der Waals surface area contributed by atoms with Crippen LogP contribution in [0.1, 0.15) is 23.7 Å². The Kier molecular flexibility index (Phi) is 7.95. The molecule has 1 aliphatic heterocycles. The van der Waals surface area contributed by atoms with E-state index in [4.69, 9.17) is 5.11 Å². The number of nitrogens with zero attached hydrogens (tertiary/aromatic N) is 1. The van der Waals surface area contributed by atoms with Gasteiger partial charge in [-0.15, -0.1) is 0 Å². The Hall–Kier alpha value is -3.38. The van der Waals surface area contributed by atoms with Crippen molar-refractivity contribution in [3.63, 3.8) is 0 Å². The number of β-amino-alcohol motifs (C(OH)–C–C–N with tert-alkyl or cyclic N) is 1. The van der Waals surface area contributed by atoms with Gasteiger partial charge in [-0.3, -0.25) is 19.4 Å². The summed E-state index contributed by atoms with van der Waals surface area (Å²) in [5.74, 6) is -2.32. The predicted molar refractivity (Wildman–Crippen MR) is 106 cm³/mol. The highest BCUT2D eigenvalue weighted by atomic mass is 16.4. The monoisotopic (exact) mass is 423 g/mol. The van der Waals surface area contributed by atoms with Crippen LogP contribution in [-0.4, -0.2) is 82.1 Å². The van der Waals surface area contributed by atoms with Gasteiger partial charge in [-0.25, -0.2) is 0 Å². The molecule has 1 aromatic rings. The van der Waals surface area contributed by atoms with Gasteiger partial charge in [-0.2, -0.15) is 0 Å². The number of aliphatic imine (C=N–C) groups is 1. The van der Waals surface area contributed by atoms with Crippen molar-refractivity contribution >= 4 is 29.4 Å². The summed E-state index contributed by atoms with van der Waals surface area (Å²) in [4.78, 5) is 39.2. The van der Waals surface area contributed by atoms with E-state index in [-0.39, 0.29) is 17.9 Å². The zero-order valence-corrected chi connectivity index (χ0v) is 16.3. The van der Waals surface area contributed by atoms with Gasteiger partial charge in [-0.1, -0.05) is 0 Å². The van der Waals surface area contributed by atoms with Gasteiger partial charge in [0.25, 0.3) is 5.91 Å². The quantitative estimate of drug-likeness (QED) is 0.238. The fourth-order valence-electron chi connectivity index (χ4n) is 2.62. The number of carboxylic acid groups (broad SMARTS) is 1. The smallest absolute Gasteiger partial charge is 0.305 e. The molecule has 3 atom stereocenters. The van der Waals surface area contributed by atoms with Crippen molar-refractivity contribution in [2.45, 2.75) is 31.6 Å². The molecule has 1 aromatic carbocycles. The number of phenols is 1. The first-order valence-electron chi connectivity index (χ1n) is 9.19. The van der Waals surface area contributed by atoms with Gasteiger partial charge in [0.15, 0.2) is 5.96 Å². The number of benzene rings is 1. The van der Waals surface area contributed by atoms with Crippen LogP contribution < -0.4 is 21.3 Å². The van der Waals surface area contributed by atoms with Crippen LogP contribution in [0.2, 0.25) is 0 Å². The lowest BCUT2D eigenvalue weighted by Crippen LogP contribution is -2.47. The Morgan fingerprint density at radius 1 is 1.30 bits per heavy atom. The van der Waals surface area contributed by atoms with E-state index in [1.54, 1.807) is 0 Å². The number of carboxylic acids is 1. The molecule has 30 heavy (non-hydrogen) atoms. The molecule has 0 aromatic heterocycles. The predicted octanol–water partition coefficient (Wildman–Crippen LogP) is -1.81. The van der Waals surface area contributed by atoms with Crippen molar-refractivity contribution in [1.82, 2.24) is 16.0 Å². The average Bonchev–Trinajstić information content (AvgIpc) is 2.66. The maximum atomic E-state index is 12.3. The number of carbonyl (C=O) groups is 3. The van der Waals surface area contributed by atoms with E-state index in [0.29, 0.717) is 18.2 Å². The van der Waals surface area contributed by atoms with Gasteiger partial charge in [-0.05, 0) is 19.1 Å². The molecule has 164 valence electrons. The third kappa shape index (κ3) is 7.22. The fraction of sp³-hybridized carbons (Fsp3) is 0.444. The maximum Gasteiger partial charge on any atom is 0.305 e. The third-order valence-electron chi connectivity index (χ3n) is 4.14. The molecule has 0 aliphatic carbocycles. The summed E-state index contributed by atoms with van der Waals surface area (Å²) >= 11 is 0. The highest BCUT2D eigenvalue weighted by molar-refractivity contribution is 6.00. The molecule has 0 bridgehead atoms. The Morgan fingerprint density at radius 3 is 2.63 bits per heavy atom. The lowest BCUT2D eigenvalue weighted by Gasteiger charge is -2.20. The van der Waals surface area contributed by atoms with Gasteiger partial charge in [0.05, 0.1) is 37.8 Å². The molecule has 2 rings (SSSR count). The Labute approximate surface area is 172 Å². The van der Waals surface area contributed by atoms with Crippen LogP contribution in [0.25, 0.3) is 0 Å². The number of amides is 2. The Morgan fingerprint density at radius 2 is 2.03 bits per heavy atom. The summed E-state index contributed by atoms with van der Waals surface area (Å²) in [7, 11) is 0. The van der Waals surface area contributed by atoms with E-state index >= 15 is 0 Å². The SMILES string of the molecule is CC(O)C(CC(=O)O)NC(=O)CNC(=O)c1cc(O)cc(NC2=NCC(O)CN2)c1. The number of aromatic hydroxyl groups is 1. The zero-order valence-electron chi connectivity index (χ0n) is 16.3. The topological polar surface area (TPSA) is 193 Å². The number of aliphatic hydroxyl groups excluding tert-OH is 2. The minimum Gasteiger partial charge on any atom is -0.508 e. The number of rotatable bonds is 8. The number of nitrogens with one attached hydrogen (secondary N) is 4. The van der Waals surface area contributed by atoms with Gasteiger partial charge < -0.3 is 41.7 Å². The molecule has 0 spiro atoms. The molecule has 8 N–H and O–H groups in total.